The average Bonchev–Trinajstić information content (AvgIpc) is 2.68. The van der Waals surface area contributed by atoms with E-state index in [0.717, 1.165) is 12.1 Å². The fourth-order valence-electron chi connectivity index (χ4n) is 2.19. The first-order valence-electron chi connectivity index (χ1n) is 5.92. The third kappa shape index (κ3) is 2.15. The number of anilines is 1. The van der Waals surface area contributed by atoms with Gasteiger partial charge in [-0.3, -0.25) is 4.90 Å². The van der Waals surface area contributed by atoms with Crippen molar-refractivity contribution in [2.75, 3.05) is 25.0 Å². The molecule has 1 heterocycles. The summed E-state index contributed by atoms with van der Waals surface area (Å²) in [6.07, 6.45) is 0.788. The van der Waals surface area contributed by atoms with Crippen LogP contribution in [-0.4, -0.2) is 37.1 Å². The van der Waals surface area contributed by atoms with Gasteiger partial charge in [0, 0.05) is 19.3 Å². The summed E-state index contributed by atoms with van der Waals surface area (Å²) in [5, 5.41) is 8.88. The molecule has 1 aliphatic heterocycles. The largest absolute Gasteiger partial charge is 0.330 e. The van der Waals surface area contributed by atoms with E-state index in [1.54, 1.807) is 35.0 Å². The van der Waals surface area contributed by atoms with Crippen LogP contribution in [0.5, 0.6) is 0 Å². The number of carbonyl (C=O) groups is 1. The van der Waals surface area contributed by atoms with E-state index in [0.29, 0.717) is 18.7 Å². The normalized spacial score (nSPS) is 19.2. The van der Waals surface area contributed by atoms with Crippen molar-refractivity contribution >= 4 is 11.7 Å². The van der Waals surface area contributed by atoms with Crippen LogP contribution in [-0.2, 0) is 0 Å². The molecule has 0 saturated carbocycles. The van der Waals surface area contributed by atoms with Crippen LogP contribution in [0, 0.1) is 11.3 Å². The van der Waals surface area contributed by atoms with Gasteiger partial charge in [-0.05, 0) is 31.2 Å². The Morgan fingerprint density at radius 3 is 3.00 bits per heavy atom. The number of likely N-dealkylation sites (N-methyl/N-ethyl adjacent to an activating group) is 1. The summed E-state index contributed by atoms with van der Waals surface area (Å²) >= 11 is 0. The quantitative estimate of drug-likeness (QED) is 0.866. The standard InChI is InChI=1S/C13H16N4O/c1-16-12(5-6-14)9-17(13(16)18)11-4-2-3-10(7-11)8-15/h2-4,7,12H,5-6,9,14H2,1H3. The molecule has 2 amide bonds. The summed E-state index contributed by atoms with van der Waals surface area (Å²) in [7, 11) is 1.79. The first-order valence-corrected chi connectivity index (χ1v) is 5.92. The van der Waals surface area contributed by atoms with Crippen LogP contribution in [0.1, 0.15) is 12.0 Å². The molecule has 0 spiro atoms. The van der Waals surface area contributed by atoms with E-state index in [9.17, 15) is 4.79 Å². The van der Waals surface area contributed by atoms with Crippen LogP contribution < -0.4 is 10.6 Å². The smallest absolute Gasteiger partial charge is 0.324 e. The van der Waals surface area contributed by atoms with Crippen molar-refractivity contribution in [1.29, 1.82) is 5.26 Å². The fraction of sp³-hybridized carbons (Fsp3) is 0.385. The number of benzene rings is 1. The molecule has 1 unspecified atom stereocenters. The average molecular weight is 244 g/mol. The molecule has 0 bridgehead atoms. The number of hydrogen-bond acceptors (Lipinski definition) is 3. The van der Waals surface area contributed by atoms with Crippen LogP contribution in [0.25, 0.3) is 0 Å². The van der Waals surface area contributed by atoms with Gasteiger partial charge in [0.1, 0.15) is 0 Å². The minimum Gasteiger partial charge on any atom is -0.330 e. The molecular weight excluding hydrogens is 228 g/mol. The Morgan fingerprint density at radius 1 is 1.56 bits per heavy atom. The summed E-state index contributed by atoms with van der Waals surface area (Å²) < 4.78 is 0. The number of rotatable bonds is 3. The minimum absolute atomic E-state index is 0.0384. The summed E-state index contributed by atoms with van der Waals surface area (Å²) in [5.74, 6) is 0. The van der Waals surface area contributed by atoms with Gasteiger partial charge in [-0.15, -0.1) is 0 Å². The zero-order valence-electron chi connectivity index (χ0n) is 10.3. The zero-order chi connectivity index (χ0) is 13.1. The first-order chi connectivity index (χ1) is 8.67. The summed E-state index contributed by atoms with van der Waals surface area (Å²) in [6.45, 7) is 1.19. The zero-order valence-corrected chi connectivity index (χ0v) is 10.3. The van der Waals surface area contributed by atoms with E-state index in [1.807, 2.05) is 6.07 Å². The second-order valence-electron chi connectivity index (χ2n) is 4.40. The van der Waals surface area contributed by atoms with Crippen molar-refractivity contribution < 1.29 is 4.79 Å². The third-order valence-electron chi connectivity index (χ3n) is 3.26. The maximum atomic E-state index is 12.1. The topological polar surface area (TPSA) is 73.4 Å². The third-order valence-corrected chi connectivity index (χ3v) is 3.26. The van der Waals surface area contributed by atoms with E-state index < -0.39 is 0 Å². The predicted octanol–water partition coefficient (Wildman–Crippen LogP) is 1.15. The number of urea groups is 1. The van der Waals surface area contributed by atoms with Crippen molar-refractivity contribution in [2.24, 2.45) is 5.73 Å². The second-order valence-corrected chi connectivity index (χ2v) is 4.40. The van der Waals surface area contributed by atoms with Gasteiger partial charge in [-0.2, -0.15) is 5.26 Å². The molecule has 1 saturated heterocycles. The lowest BCUT2D eigenvalue weighted by Gasteiger charge is -2.16. The number of carbonyl (C=O) groups excluding carboxylic acids is 1. The first kappa shape index (κ1) is 12.4. The summed E-state index contributed by atoms with van der Waals surface area (Å²) in [6, 6.07) is 9.28. The van der Waals surface area contributed by atoms with E-state index in [-0.39, 0.29) is 12.1 Å². The molecule has 1 atom stereocenters. The van der Waals surface area contributed by atoms with Gasteiger partial charge < -0.3 is 10.6 Å². The van der Waals surface area contributed by atoms with Crippen molar-refractivity contribution in [3.8, 4) is 6.07 Å². The minimum atomic E-state index is -0.0384. The highest BCUT2D eigenvalue weighted by atomic mass is 16.2. The van der Waals surface area contributed by atoms with Crippen LogP contribution in [0.3, 0.4) is 0 Å². The lowest BCUT2D eigenvalue weighted by atomic mass is 10.2. The molecule has 5 heteroatoms. The molecule has 1 aromatic carbocycles. The van der Waals surface area contributed by atoms with Gasteiger partial charge in [0.05, 0.1) is 17.7 Å². The SMILES string of the molecule is CN1C(=O)N(c2cccc(C#N)c2)CC1CCN. The molecule has 0 aliphatic carbocycles. The summed E-state index contributed by atoms with van der Waals surface area (Å²) in [4.78, 5) is 15.5. The molecule has 94 valence electrons. The Balaban J connectivity index is 2.24. The maximum Gasteiger partial charge on any atom is 0.324 e. The molecule has 1 aliphatic rings. The van der Waals surface area contributed by atoms with Gasteiger partial charge in [0.15, 0.2) is 0 Å². The van der Waals surface area contributed by atoms with Crippen molar-refractivity contribution in [1.82, 2.24) is 4.90 Å². The van der Waals surface area contributed by atoms with E-state index in [4.69, 9.17) is 11.0 Å². The number of nitriles is 1. The molecule has 0 aromatic heterocycles. The van der Waals surface area contributed by atoms with E-state index in [1.165, 1.54) is 0 Å². The van der Waals surface area contributed by atoms with Crippen LogP contribution in [0.2, 0.25) is 0 Å². The molecule has 1 fully saturated rings. The monoisotopic (exact) mass is 244 g/mol. The molecule has 1 aromatic rings. The van der Waals surface area contributed by atoms with Gasteiger partial charge in [-0.25, -0.2) is 4.79 Å². The number of nitrogens with zero attached hydrogens (tertiary/aromatic N) is 3. The lowest BCUT2D eigenvalue weighted by Crippen LogP contribution is -2.32. The number of nitrogens with two attached hydrogens (primary N) is 1. The van der Waals surface area contributed by atoms with E-state index >= 15 is 0 Å². The highest BCUT2D eigenvalue weighted by molar-refractivity contribution is 5.94. The molecule has 18 heavy (non-hydrogen) atoms. The fourth-order valence-corrected chi connectivity index (χ4v) is 2.19. The molecule has 0 radical (unpaired) electrons. The van der Waals surface area contributed by atoms with Crippen LogP contribution >= 0.6 is 0 Å². The molecular formula is C13H16N4O. The molecule has 2 rings (SSSR count). The van der Waals surface area contributed by atoms with Crippen molar-refractivity contribution in [3.63, 3.8) is 0 Å². The van der Waals surface area contributed by atoms with Crippen molar-refractivity contribution in [2.45, 2.75) is 12.5 Å². The van der Waals surface area contributed by atoms with Gasteiger partial charge >= 0.3 is 6.03 Å². The Bertz CT molecular complexity index is 494. The number of hydrogen-bond donors (Lipinski definition) is 1. The van der Waals surface area contributed by atoms with E-state index in [2.05, 4.69) is 6.07 Å². The Labute approximate surface area is 106 Å². The Hall–Kier alpha value is -2.06. The second kappa shape index (κ2) is 5.07. The highest BCUT2D eigenvalue weighted by Gasteiger charge is 2.34. The summed E-state index contributed by atoms with van der Waals surface area (Å²) in [5.41, 5.74) is 6.88. The lowest BCUT2D eigenvalue weighted by molar-refractivity contribution is 0.217. The Morgan fingerprint density at radius 2 is 2.33 bits per heavy atom. The van der Waals surface area contributed by atoms with Gasteiger partial charge in [0.25, 0.3) is 0 Å². The van der Waals surface area contributed by atoms with Gasteiger partial charge in [0.2, 0.25) is 0 Å². The maximum absolute atomic E-state index is 12.1. The number of amides is 2. The Kier molecular flexibility index (Phi) is 3.49. The molecule has 2 N–H and O–H groups in total. The predicted molar refractivity (Wildman–Crippen MR) is 69.1 cm³/mol. The van der Waals surface area contributed by atoms with Crippen LogP contribution in [0.15, 0.2) is 24.3 Å². The van der Waals surface area contributed by atoms with Gasteiger partial charge in [-0.1, -0.05) is 6.07 Å². The molecule has 5 nitrogen and oxygen atoms in total. The highest BCUT2D eigenvalue weighted by Crippen LogP contribution is 2.24. The van der Waals surface area contributed by atoms with Crippen molar-refractivity contribution in [3.05, 3.63) is 29.8 Å². The van der Waals surface area contributed by atoms with Crippen LogP contribution in [0.4, 0.5) is 10.5 Å².